The first-order valence-corrected chi connectivity index (χ1v) is 21.6. The lowest BCUT2D eigenvalue weighted by Gasteiger charge is -2.55. The molecule has 1 unspecified atom stereocenters. The van der Waals surface area contributed by atoms with E-state index in [0.717, 1.165) is 101 Å². The second-order valence-electron chi connectivity index (χ2n) is 17.5. The van der Waals surface area contributed by atoms with Gasteiger partial charge in [0.05, 0.1) is 33.5 Å². The van der Waals surface area contributed by atoms with Crippen molar-refractivity contribution in [3.63, 3.8) is 0 Å². The number of ether oxygens (including phenoxy) is 1. The molecule has 0 bridgehead atoms. The van der Waals surface area contributed by atoms with Crippen LogP contribution >= 0.6 is 11.6 Å². The van der Waals surface area contributed by atoms with Crippen molar-refractivity contribution in [3.8, 4) is 11.8 Å². The molecule has 1 aliphatic carbocycles. The van der Waals surface area contributed by atoms with Crippen molar-refractivity contribution in [2.45, 2.75) is 82.4 Å². The predicted molar refractivity (Wildman–Crippen MR) is 221 cm³/mol. The van der Waals surface area contributed by atoms with Crippen molar-refractivity contribution >= 4 is 52.6 Å². The number of benzene rings is 2. The molecule has 9 rings (SSSR count). The Morgan fingerprint density at radius 2 is 1.62 bits per heavy atom. The number of imide groups is 2. The number of hydrogen-bond donors (Lipinski definition) is 2. The van der Waals surface area contributed by atoms with E-state index in [2.05, 4.69) is 36.7 Å². The Hall–Kier alpha value is -5.66. The summed E-state index contributed by atoms with van der Waals surface area (Å²) >= 11 is 6.15. The zero-order valence-electron chi connectivity index (χ0n) is 33.7. The van der Waals surface area contributed by atoms with Crippen molar-refractivity contribution in [1.82, 2.24) is 30.6 Å². The van der Waals surface area contributed by atoms with Crippen LogP contribution in [-0.2, 0) is 9.59 Å². The van der Waals surface area contributed by atoms with E-state index < -0.39 is 35.5 Å². The first-order valence-electron chi connectivity index (χ1n) is 21.2. The molecule has 3 aromatic rings. The van der Waals surface area contributed by atoms with Gasteiger partial charge >= 0.3 is 0 Å². The van der Waals surface area contributed by atoms with E-state index in [1.54, 1.807) is 24.3 Å². The number of anilines is 2. The van der Waals surface area contributed by atoms with E-state index >= 15 is 4.39 Å². The summed E-state index contributed by atoms with van der Waals surface area (Å²) in [6.45, 7) is 6.08. The third-order valence-corrected chi connectivity index (χ3v) is 13.8. The van der Waals surface area contributed by atoms with Crippen LogP contribution in [0.15, 0.2) is 42.5 Å². The quantitative estimate of drug-likeness (QED) is 0.289. The summed E-state index contributed by atoms with van der Waals surface area (Å²) in [6.07, 6.45) is 7.07. The van der Waals surface area contributed by atoms with Gasteiger partial charge in [0, 0.05) is 64.3 Å². The van der Waals surface area contributed by atoms with Crippen LogP contribution in [-0.4, -0.2) is 114 Å². The van der Waals surface area contributed by atoms with E-state index in [1.165, 1.54) is 6.07 Å². The van der Waals surface area contributed by atoms with Crippen LogP contribution < -0.4 is 25.2 Å². The van der Waals surface area contributed by atoms with Gasteiger partial charge in [0.25, 0.3) is 17.7 Å². The van der Waals surface area contributed by atoms with Crippen LogP contribution in [0.25, 0.3) is 0 Å². The molecule has 6 aliphatic rings. The van der Waals surface area contributed by atoms with Gasteiger partial charge in [-0.05, 0) is 106 Å². The lowest BCUT2D eigenvalue weighted by atomic mass is 9.71. The van der Waals surface area contributed by atoms with E-state index in [9.17, 15) is 24.0 Å². The van der Waals surface area contributed by atoms with E-state index in [1.807, 2.05) is 11.0 Å². The third kappa shape index (κ3) is 8.25. The number of carbonyl (C=O) groups is 5. The Bertz CT molecular complexity index is 2290. The maximum absolute atomic E-state index is 15.5. The number of fused-ring (bicyclic) bond motifs is 1. The fourth-order valence-electron chi connectivity index (χ4n) is 10.1. The number of amides is 5. The molecule has 1 saturated carbocycles. The number of aromatic nitrogens is 2. The number of rotatable bonds is 9. The highest BCUT2D eigenvalue weighted by molar-refractivity contribution is 6.31. The Kier molecular flexibility index (Phi) is 11.1. The number of halogens is 2. The van der Waals surface area contributed by atoms with E-state index in [4.69, 9.17) is 21.6 Å². The van der Waals surface area contributed by atoms with Crippen LogP contribution in [0.1, 0.15) is 101 Å². The van der Waals surface area contributed by atoms with E-state index in [-0.39, 0.29) is 53.1 Å². The summed E-state index contributed by atoms with van der Waals surface area (Å²) in [5.41, 5.74) is 1.31. The summed E-state index contributed by atoms with van der Waals surface area (Å²) in [6, 6.07) is 12.2. The van der Waals surface area contributed by atoms with Gasteiger partial charge in [0.1, 0.15) is 23.7 Å². The normalized spacial score (nSPS) is 24.3. The molecule has 318 valence electrons. The molecule has 1 atom stereocenters. The summed E-state index contributed by atoms with van der Waals surface area (Å²) < 4.78 is 21.5. The summed E-state index contributed by atoms with van der Waals surface area (Å²) in [5.74, 6) is -1.42. The molecule has 6 heterocycles. The topological polar surface area (TPSA) is 181 Å². The largest absolute Gasteiger partial charge is 0.490 e. The molecule has 0 radical (unpaired) electrons. The van der Waals surface area contributed by atoms with Gasteiger partial charge in [0.15, 0.2) is 11.5 Å². The minimum absolute atomic E-state index is 0.0137. The van der Waals surface area contributed by atoms with Crippen LogP contribution in [0, 0.1) is 28.5 Å². The Morgan fingerprint density at radius 3 is 2.28 bits per heavy atom. The molecule has 5 aliphatic heterocycles. The minimum atomic E-state index is -1.09. The minimum Gasteiger partial charge on any atom is -0.490 e. The average Bonchev–Trinajstić information content (AvgIpc) is 3.48. The van der Waals surface area contributed by atoms with Gasteiger partial charge in [-0.3, -0.25) is 34.2 Å². The molecule has 5 fully saturated rings. The van der Waals surface area contributed by atoms with Gasteiger partial charge in [-0.2, -0.15) is 5.26 Å². The van der Waals surface area contributed by atoms with Crippen molar-refractivity contribution in [1.29, 1.82) is 5.26 Å². The smallest absolute Gasteiger partial charge is 0.272 e. The molecule has 1 aromatic heterocycles. The molecule has 2 N–H and O–H groups in total. The highest BCUT2D eigenvalue weighted by Crippen LogP contribution is 2.42. The fraction of sp³-hybridized carbons (Fsp3) is 0.500. The molecule has 61 heavy (non-hydrogen) atoms. The number of hydrogen-bond acceptors (Lipinski definition) is 12. The molecule has 17 heteroatoms. The summed E-state index contributed by atoms with van der Waals surface area (Å²) in [4.78, 5) is 71.1. The number of piperidine rings is 3. The summed E-state index contributed by atoms with van der Waals surface area (Å²) in [7, 11) is 0. The van der Waals surface area contributed by atoms with Crippen molar-refractivity contribution < 1.29 is 33.1 Å². The summed E-state index contributed by atoms with van der Waals surface area (Å²) in [5, 5.41) is 23.5. The lowest BCUT2D eigenvalue weighted by Crippen LogP contribution is -2.61. The molecular weight excluding hydrogens is 805 g/mol. The lowest BCUT2D eigenvalue weighted by molar-refractivity contribution is -0.136. The van der Waals surface area contributed by atoms with Gasteiger partial charge in [-0.15, -0.1) is 10.2 Å². The number of nitrogens with zero attached hydrogens (tertiary/aromatic N) is 7. The number of carbonyl (C=O) groups excluding carboxylic acids is 5. The van der Waals surface area contributed by atoms with Crippen molar-refractivity contribution in [2.24, 2.45) is 11.3 Å². The Labute approximate surface area is 357 Å². The fourth-order valence-corrected chi connectivity index (χ4v) is 10.3. The average molecular weight is 852 g/mol. The van der Waals surface area contributed by atoms with E-state index in [0.29, 0.717) is 41.0 Å². The molecular formula is C44H47ClFN9O6. The molecule has 5 amide bonds. The van der Waals surface area contributed by atoms with Crippen LogP contribution in [0.5, 0.6) is 5.75 Å². The first-order chi connectivity index (χ1) is 29.5. The first kappa shape index (κ1) is 40.7. The SMILES string of the molecule is N#Cc1ccc(O[C@H]2CC[C@H](NC(=O)c3ccc(N4CCC5(CC4)CN(CC4CCN(c6cc7c(cc6F)C(=O)N(C6CCC(=O)NC6=O)C7=O)CC4)C5)nn3)CC2)cc1Cl. The molecule has 15 nitrogen and oxygen atoms in total. The maximum atomic E-state index is 15.5. The van der Waals surface area contributed by atoms with Gasteiger partial charge in [-0.1, -0.05) is 11.6 Å². The standard InChI is InChI=1S/C44H47ClFN9O6/c45-33-19-30(4-1-27(33)22-47)61-29-5-2-28(3-6-29)48-40(57)35-7-9-38(51-50-35)54-17-13-44(14-18-54)24-52(25-44)23-26-11-15-53(16-12-26)37-21-32-31(20-34(37)46)42(59)55(43(32)60)36-8-10-39(56)49-41(36)58/h1,4,7,9,19-21,26,28-29,36H,2-3,5-6,8,10-18,23-25H2,(H,48,57)(H,49,56,58)/t28-,29-,36?. The van der Waals surface area contributed by atoms with Gasteiger partial charge in [-0.25, -0.2) is 4.39 Å². The van der Waals surface area contributed by atoms with Crippen molar-refractivity contribution in [3.05, 3.63) is 75.7 Å². The van der Waals surface area contributed by atoms with Gasteiger partial charge in [0.2, 0.25) is 11.8 Å². The highest BCUT2D eigenvalue weighted by atomic mass is 35.5. The van der Waals surface area contributed by atoms with Crippen LogP contribution in [0.3, 0.4) is 0 Å². The third-order valence-electron chi connectivity index (χ3n) is 13.5. The van der Waals surface area contributed by atoms with Crippen LogP contribution in [0.4, 0.5) is 15.9 Å². The maximum Gasteiger partial charge on any atom is 0.272 e. The molecule has 2 aromatic carbocycles. The predicted octanol–water partition coefficient (Wildman–Crippen LogP) is 4.48. The monoisotopic (exact) mass is 851 g/mol. The van der Waals surface area contributed by atoms with Crippen LogP contribution in [0.2, 0.25) is 5.02 Å². The number of nitrogens with one attached hydrogen (secondary N) is 2. The molecule has 1 spiro atoms. The zero-order valence-corrected chi connectivity index (χ0v) is 34.5. The number of likely N-dealkylation sites (tertiary alicyclic amines) is 1. The Balaban J connectivity index is 0.692. The second kappa shape index (κ2) is 16.7. The highest BCUT2D eigenvalue weighted by Gasteiger charge is 2.47. The van der Waals surface area contributed by atoms with Gasteiger partial charge < -0.3 is 24.8 Å². The number of nitriles is 1. The zero-order chi connectivity index (χ0) is 42.4. The molecule has 4 saturated heterocycles. The Morgan fingerprint density at radius 1 is 0.902 bits per heavy atom. The second-order valence-corrected chi connectivity index (χ2v) is 17.9. The van der Waals surface area contributed by atoms with Crippen molar-refractivity contribution in [2.75, 3.05) is 55.6 Å².